The highest BCUT2D eigenvalue weighted by Crippen LogP contribution is 2.20. The van der Waals surface area contributed by atoms with Crippen LogP contribution in [0.3, 0.4) is 0 Å². The molecule has 1 saturated heterocycles. The molecule has 0 aromatic carbocycles. The Morgan fingerprint density at radius 3 is 2.71 bits per heavy atom. The second kappa shape index (κ2) is 7.54. The summed E-state index contributed by atoms with van der Waals surface area (Å²) in [5, 5.41) is 6.49. The number of rotatable bonds is 5. The van der Waals surface area contributed by atoms with Crippen LogP contribution in [0.1, 0.15) is 40.0 Å². The monoisotopic (exact) mass is 241 g/mol. The number of carbonyl (C=O) groups excluding carboxylic acids is 1. The Morgan fingerprint density at radius 2 is 2.12 bits per heavy atom. The van der Waals surface area contributed by atoms with Crippen LogP contribution in [0.5, 0.6) is 0 Å². The van der Waals surface area contributed by atoms with Gasteiger partial charge in [-0.05, 0) is 32.2 Å². The van der Waals surface area contributed by atoms with Crippen molar-refractivity contribution >= 4 is 6.03 Å². The maximum atomic E-state index is 11.8. The third-order valence-corrected chi connectivity index (χ3v) is 3.53. The summed E-state index contributed by atoms with van der Waals surface area (Å²) in [7, 11) is 0. The molecule has 4 heteroatoms. The number of hydrogen-bond donors (Lipinski definition) is 2. The highest BCUT2D eigenvalue weighted by Gasteiger charge is 2.29. The molecule has 2 atom stereocenters. The van der Waals surface area contributed by atoms with Crippen LogP contribution >= 0.6 is 0 Å². The molecule has 2 unspecified atom stereocenters. The lowest BCUT2D eigenvalue weighted by Gasteiger charge is -2.38. The van der Waals surface area contributed by atoms with Gasteiger partial charge >= 0.3 is 6.03 Å². The van der Waals surface area contributed by atoms with E-state index in [1.54, 1.807) is 0 Å². The van der Waals surface area contributed by atoms with E-state index >= 15 is 0 Å². The first kappa shape index (κ1) is 14.3. The fraction of sp³-hybridized carbons (Fsp3) is 0.923. The van der Waals surface area contributed by atoms with Crippen LogP contribution in [-0.2, 0) is 0 Å². The lowest BCUT2D eigenvalue weighted by Crippen LogP contribution is -2.53. The van der Waals surface area contributed by atoms with E-state index in [0.29, 0.717) is 18.5 Å². The van der Waals surface area contributed by atoms with Gasteiger partial charge in [-0.1, -0.05) is 20.3 Å². The summed E-state index contributed by atoms with van der Waals surface area (Å²) in [4.78, 5) is 13.7. The average Bonchev–Trinajstić information content (AvgIpc) is 2.36. The Morgan fingerprint density at radius 1 is 1.35 bits per heavy atom. The minimum Gasteiger partial charge on any atom is -0.338 e. The van der Waals surface area contributed by atoms with Crippen molar-refractivity contribution in [3.63, 3.8) is 0 Å². The van der Waals surface area contributed by atoms with E-state index in [-0.39, 0.29) is 6.03 Å². The second-order valence-electron chi connectivity index (χ2n) is 4.80. The van der Waals surface area contributed by atoms with Gasteiger partial charge in [-0.3, -0.25) is 0 Å². The normalized spacial score (nSPS) is 24.8. The lowest BCUT2D eigenvalue weighted by atomic mass is 9.90. The first-order chi connectivity index (χ1) is 8.22. The fourth-order valence-corrected chi connectivity index (χ4v) is 2.49. The summed E-state index contributed by atoms with van der Waals surface area (Å²) in [6, 6.07) is 0.686. The maximum absolute atomic E-state index is 11.8. The molecule has 0 aromatic heterocycles. The first-order valence-corrected chi connectivity index (χ1v) is 6.99. The van der Waals surface area contributed by atoms with Crippen molar-refractivity contribution in [2.24, 2.45) is 5.92 Å². The molecule has 0 bridgehead atoms. The molecule has 2 amide bonds. The summed E-state index contributed by atoms with van der Waals surface area (Å²) in [6.07, 6.45) is 3.39. The van der Waals surface area contributed by atoms with Gasteiger partial charge in [0.15, 0.2) is 0 Å². The van der Waals surface area contributed by atoms with Gasteiger partial charge in [-0.2, -0.15) is 0 Å². The fourth-order valence-electron chi connectivity index (χ4n) is 2.49. The van der Waals surface area contributed by atoms with E-state index < -0.39 is 0 Å². The zero-order valence-corrected chi connectivity index (χ0v) is 11.5. The van der Waals surface area contributed by atoms with Crippen LogP contribution in [0, 0.1) is 5.92 Å². The van der Waals surface area contributed by atoms with E-state index in [0.717, 1.165) is 32.5 Å². The largest absolute Gasteiger partial charge is 0.338 e. The summed E-state index contributed by atoms with van der Waals surface area (Å²) in [6.45, 7) is 9.94. The van der Waals surface area contributed by atoms with Crippen LogP contribution in [0.4, 0.5) is 4.79 Å². The third kappa shape index (κ3) is 4.19. The van der Waals surface area contributed by atoms with Crippen LogP contribution in [0.15, 0.2) is 0 Å². The van der Waals surface area contributed by atoms with Gasteiger partial charge in [-0.25, -0.2) is 4.79 Å². The van der Waals surface area contributed by atoms with Gasteiger partial charge < -0.3 is 15.5 Å². The molecule has 100 valence electrons. The SMILES string of the molecule is CCCNC1CCN(C(=O)NCC)CC1CC. The highest BCUT2D eigenvalue weighted by molar-refractivity contribution is 5.74. The van der Waals surface area contributed by atoms with Crippen molar-refractivity contribution in [1.29, 1.82) is 0 Å². The van der Waals surface area contributed by atoms with Crippen molar-refractivity contribution in [2.45, 2.75) is 46.1 Å². The van der Waals surface area contributed by atoms with Gasteiger partial charge in [0, 0.05) is 25.7 Å². The van der Waals surface area contributed by atoms with Crippen LogP contribution in [-0.4, -0.2) is 43.2 Å². The minimum absolute atomic E-state index is 0.0971. The molecule has 1 fully saturated rings. The zero-order chi connectivity index (χ0) is 12.7. The third-order valence-electron chi connectivity index (χ3n) is 3.53. The standard InChI is InChI=1S/C13H27N3O/c1-4-8-15-12-7-9-16(10-11(12)5-2)13(17)14-6-3/h11-12,15H,4-10H2,1-3H3,(H,14,17). The van der Waals surface area contributed by atoms with Crippen LogP contribution < -0.4 is 10.6 Å². The van der Waals surface area contributed by atoms with Gasteiger partial charge in [0.25, 0.3) is 0 Å². The quantitative estimate of drug-likeness (QED) is 0.771. The summed E-state index contributed by atoms with van der Waals surface area (Å²) in [5.41, 5.74) is 0. The zero-order valence-electron chi connectivity index (χ0n) is 11.5. The number of likely N-dealkylation sites (tertiary alicyclic amines) is 1. The Kier molecular flexibility index (Phi) is 6.34. The molecular formula is C13H27N3O. The molecular weight excluding hydrogens is 214 g/mol. The van der Waals surface area contributed by atoms with E-state index in [4.69, 9.17) is 0 Å². The molecule has 0 radical (unpaired) electrons. The smallest absolute Gasteiger partial charge is 0.317 e. The second-order valence-corrected chi connectivity index (χ2v) is 4.80. The Balaban J connectivity index is 2.45. The van der Waals surface area contributed by atoms with Crippen molar-refractivity contribution in [2.75, 3.05) is 26.2 Å². The molecule has 1 aliphatic heterocycles. The van der Waals surface area contributed by atoms with E-state index in [9.17, 15) is 4.79 Å². The number of piperidine rings is 1. The molecule has 0 spiro atoms. The van der Waals surface area contributed by atoms with Crippen molar-refractivity contribution in [3.05, 3.63) is 0 Å². The minimum atomic E-state index is 0.0971. The van der Waals surface area contributed by atoms with Crippen molar-refractivity contribution < 1.29 is 4.79 Å². The number of amides is 2. The number of nitrogens with one attached hydrogen (secondary N) is 2. The molecule has 0 aromatic rings. The molecule has 1 rings (SSSR count). The van der Waals surface area contributed by atoms with E-state index in [2.05, 4.69) is 24.5 Å². The lowest BCUT2D eigenvalue weighted by molar-refractivity contribution is 0.142. The van der Waals surface area contributed by atoms with Crippen LogP contribution in [0.25, 0.3) is 0 Å². The topological polar surface area (TPSA) is 44.4 Å². The number of carbonyl (C=O) groups is 1. The van der Waals surface area contributed by atoms with Gasteiger partial charge in [0.1, 0.15) is 0 Å². The van der Waals surface area contributed by atoms with Crippen LogP contribution in [0.2, 0.25) is 0 Å². The van der Waals surface area contributed by atoms with Gasteiger partial charge in [0.2, 0.25) is 0 Å². The van der Waals surface area contributed by atoms with E-state index in [1.807, 2.05) is 11.8 Å². The van der Waals surface area contributed by atoms with Gasteiger partial charge in [0.05, 0.1) is 0 Å². The maximum Gasteiger partial charge on any atom is 0.317 e. The highest BCUT2D eigenvalue weighted by atomic mass is 16.2. The van der Waals surface area contributed by atoms with Crippen molar-refractivity contribution in [3.8, 4) is 0 Å². The Bertz CT molecular complexity index is 233. The molecule has 4 nitrogen and oxygen atoms in total. The predicted octanol–water partition coefficient (Wildman–Crippen LogP) is 1.82. The number of hydrogen-bond acceptors (Lipinski definition) is 2. The molecule has 1 heterocycles. The predicted molar refractivity (Wildman–Crippen MR) is 71.1 cm³/mol. The van der Waals surface area contributed by atoms with E-state index in [1.165, 1.54) is 6.42 Å². The van der Waals surface area contributed by atoms with Crippen molar-refractivity contribution in [1.82, 2.24) is 15.5 Å². The summed E-state index contributed by atoms with van der Waals surface area (Å²) >= 11 is 0. The molecule has 1 aliphatic rings. The molecule has 0 aliphatic carbocycles. The Hall–Kier alpha value is -0.770. The molecule has 17 heavy (non-hydrogen) atoms. The van der Waals surface area contributed by atoms with Gasteiger partial charge in [-0.15, -0.1) is 0 Å². The number of nitrogens with zero attached hydrogens (tertiary/aromatic N) is 1. The summed E-state index contributed by atoms with van der Waals surface area (Å²) in [5.74, 6) is 0.595. The average molecular weight is 241 g/mol. The molecule has 2 N–H and O–H groups in total. The Labute approximate surface area is 105 Å². The number of urea groups is 1. The molecule has 0 saturated carbocycles. The summed E-state index contributed by atoms with van der Waals surface area (Å²) < 4.78 is 0. The first-order valence-electron chi connectivity index (χ1n) is 6.99.